The minimum atomic E-state index is 1.14. The zero-order chi connectivity index (χ0) is 8.81. The molecular formula is C10H20N2. The van der Waals surface area contributed by atoms with E-state index in [0.717, 1.165) is 19.6 Å². The fraction of sp³-hybridized carbons (Fsp3) is 0.800. The van der Waals surface area contributed by atoms with Crippen LogP contribution in [0.4, 0.5) is 0 Å². The zero-order valence-electron chi connectivity index (χ0n) is 8.27. The fourth-order valence-corrected chi connectivity index (χ4v) is 1.32. The average Bonchev–Trinajstić information content (AvgIpc) is 2.16. The highest BCUT2D eigenvalue weighted by Gasteiger charge is 2.06. The van der Waals surface area contributed by atoms with Crippen LogP contribution in [0.2, 0.25) is 0 Å². The molecule has 1 heterocycles. The van der Waals surface area contributed by atoms with Gasteiger partial charge in [-0.25, -0.2) is 0 Å². The molecule has 0 spiro atoms. The van der Waals surface area contributed by atoms with Crippen molar-refractivity contribution in [2.75, 3.05) is 32.7 Å². The van der Waals surface area contributed by atoms with Crippen LogP contribution in [-0.2, 0) is 0 Å². The number of nitrogens with zero attached hydrogens (tertiary/aromatic N) is 1. The summed E-state index contributed by atoms with van der Waals surface area (Å²) in [7, 11) is 0. The monoisotopic (exact) mass is 168 g/mol. The minimum absolute atomic E-state index is 1.14. The van der Waals surface area contributed by atoms with Gasteiger partial charge >= 0.3 is 0 Å². The van der Waals surface area contributed by atoms with Gasteiger partial charge in [-0.05, 0) is 13.3 Å². The molecule has 0 radical (unpaired) electrons. The van der Waals surface area contributed by atoms with Gasteiger partial charge < -0.3 is 5.32 Å². The van der Waals surface area contributed by atoms with E-state index < -0.39 is 0 Å². The average molecular weight is 168 g/mol. The van der Waals surface area contributed by atoms with E-state index in [-0.39, 0.29) is 0 Å². The van der Waals surface area contributed by atoms with Crippen molar-refractivity contribution < 1.29 is 0 Å². The summed E-state index contributed by atoms with van der Waals surface area (Å²) in [4.78, 5) is 2.50. The zero-order valence-corrected chi connectivity index (χ0v) is 8.27. The first-order valence-corrected chi connectivity index (χ1v) is 4.91. The second-order valence-electron chi connectivity index (χ2n) is 3.45. The highest BCUT2D eigenvalue weighted by Crippen LogP contribution is 1.99. The number of nitrogens with one attached hydrogen (secondary N) is 1. The highest BCUT2D eigenvalue weighted by molar-refractivity contribution is 4.98. The molecule has 0 atom stereocenters. The van der Waals surface area contributed by atoms with Gasteiger partial charge in [-0.3, -0.25) is 4.90 Å². The topological polar surface area (TPSA) is 15.3 Å². The molecule has 1 rings (SSSR count). The third-order valence-electron chi connectivity index (χ3n) is 2.47. The van der Waals surface area contributed by atoms with Gasteiger partial charge in [-0.1, -0.05) is 18.6 Å². The van der Waals surface area contributed by atoms with Crippen LogP contribution in [0.5, 0.6) is 0 Å². The summed E-state index contributed by atoms with van der Waals surface area (Å²) < 4.78 is 0. The van der Waals surface area contributed by atoms with Crippen LogP contribution in [0, 0.1) is 0 Å². The summed E-state index contributed by atoms with van der Waals surface area (Å²) in [5.41, 5.74) is 1.51. The molecule has 0 aromatic rings. The maximum absolute atomic E-state index is 3.35. The Morgan fingerprint density at radius 2 is 2.08 bits per heavy atom. The van der Waals surface area contributed by atoms with Crippen LogP contribution in [-0.4, -0.2) is 37.6 Å². The minimum Gasteiger partial charge on any atom is -0.314 e. The fourth-order valence-electron chi connectivity index (χ4n) is 1.32. The standard InChI is InChI=1S/C10H20N2/c1-3-10(2)4-7-12-8-5-11-6-9-12/h4,11H,3,5-9H2,1-2H3. The van der Waals surface area contributed by atoms with Crippen molar-refractivity contribution in [3.05, 3.63) is 11.6 Å². The summed E-state index contributed by atoms with van der Waals surface area (Å²) in [6, 6.07) is 0. The predicted octanol–water partition coefficient (Wildman–Crippen LogP) is 1.25. The van der Waals surface area contributed by atoms with Gasteiger partial charge in [0, 0.05) is 32.7 Å². The molecule has 0 aromatic carbocycles. The van der Waals surface area contributed by atoms with Crippen molar-refractivity contribution in [3.63, 3.8) is 0 Å². The molecule has 1 fully saturated rings. The lowest BCUT2D eigenvalue weighted by Crippen LogP contribution is -2.43. The molecule has 0 aliphatic carbocycles. The number of allylic oxidation sites excluding steroid dienone is 1. The van der Waals surface area contributed by atoms with Crippen molar-refractivity contribution in [3.8, 4) is 0 Å². The van der Waals surface area contributed by atoms with E-state index in [1.807, 2.05) is 0 Å². The Bertz CT molecular complexity index is 146. The maximum Gasteiger partial charge on any atom is 0.0166 e. The first-order valence-electron chi connectivity index (χ1n) is 4.91. The third kappa shape index (κ3) is 3.37. The molecule has 12 heavy (non-hydrogen) atoms. The van der Waals surface area contributed by atoms with Crippen LogP contribution >= 0.6 is 0 Å². The Balaban J connectivity index is 2.21. The smallest absolute Gasteiger partial charge is 0.0166 e. The Morgan fingerprint density at radius 3 is 2.67 bits per heavy atom. The van der Waals surface area contributed by atoms with Crippen LogP contribution in [0.25, 0.3) is 0 Å². The second-order valence-corrected chi connectivity index (χ2v) is 3.45. The SMILES string of the molecule is CCC(C)=CCN1CCNCC1. The quantitative estimate of drug-likeness (QED) is 0.638. The molecule has 70 valence electrons. The largest absolute Gasteiger partial charge is 0.314 e. The number of piperazine rings is 1. The van der Waals surface area contributed by atoms with E-state index in [2.05, 4.69) is 30.1 Å². The summed E-state index contributed by atoms with van der Waals surface area (Å²) in [5.74, 6) is 0. The number of hydrogen-bond donors (Lipinski definition) is 1. The summed E-state index contributed by atoms with van der Waals surface area (Å²) in [6.07, 6.45) is 3.54. The number of hydrogen-bond acceptors (Lipinski definition) is 2. The molecule has 1 saturated heterocycles. The molecule has 0 aromatic heterocycles. The van der Waals surface area contributed by atoms with E-state index >= 15 is 0 Å². The predicted molar refractivity (Wildman–Crippen MR) is 53.4 cm³/mol. The summed E-state index contributed by atoms with van der Waals surface area (Å²) >= 11 is 0. The van der Waals surface area contributed by atoms with Crippen LogP contribution < -0.4 is 5.32 Å². The molecular weight excluding hydrogens is 148 g/mol. The molecule has 1 aliphatic heterocycles. The first kappa shape index (κ1) is 9.75. The van der Waals surface area contributed by atoms with Crippen molar-refractivity contribution in [1.82, 2.24) is 10.2 Å². The summed E-state index contributed by atoms with van der Waals surface area (Å²) in [5, 5.41) is 3.35. The molecule has 0 saturated carbocycles. The highest BCUT2D eigenvalue weighted by atomic mass is 15.2. The molecule has 2 heteroatoms. The van der Waals surface area contributed by atoms with E-state index in [0.29, 0.717) is 0 Å². The Morgan fingerprint density at radius 1 is 1.42 bits per heavy atom. The molecule has 0 unspecified atom stereocenters. The lowest BCUT2D eigenvalue weighted by Gasteiger charge is -2.26. The van der Waals surface area contributed by atoms with Crippen molar-refractivity contribution in [1.29, 1.82) is 0 Å². The lowest BCUT2D eigenvalue weighted by molar-refractivity contribution is 0.264. The molecule has 0 amide bonds. The first-order chi connectivity index (χ1) is 5.83. The Kier molecular flexibility index (Phi) is 4.33. The molecule has 2 nitrogen and oxygen atoms in total. The summed E-state index contributed by atoms with van der Waals surface area (Å²) in [6.45, 7) is 10.3. The van der Waals surface area contributed by atoms with Gasteiger partial charge in [0.25, 0.3) is 0 Å². The van der Waals surface area contributed by atoms with Gasteiger partial charge in [0.2, 0.25) is 0 Å². The van der Waals surface area contributed by atoms with Crippen LogP contribution in [0.1, 0.15) is 20.3 Å². The lowest BCUT2D eigenvalue weighted by atomic mass is 10.2. The van der Waals surface area contributed by atoms with Crippen LogP contribution in [0.3, 0.4) is 0 Å². The second kappa shape index (κ2) is 5.33. The van der Waals surface area contributed by atoms with E-state index in [9.17, 15) is 0 Å². The normalized spacial score (nSPS) is 21.3. The maximum atomic E-state index is 3.35. The van der Waals surface area contributed by atoms with Gasteiger partial charge in [-0.15, -0.1) is 0 Å². The van der Waals surface area contributed by atoms with Crippen molar-refractivity contribution in [2.24, 2.45) is 0 Å². The molecule has 0 bridgehead atoms. The van der Waals surface area contributed by atoms with E-state index in [1.54, 1.807) is 0 Å². The van der Waals surface area contributed by atoms with Gasteiger partial charge in [0.15, 0.2) is 0 Å². The van der Waals surface area contributed by atoms with E-state index in [1.165, 1.54) is 25.1 Å². The van der Waals surface area contributed by atoms with E-state index in [4.69, 9.17) is 0 Å². The molecule has 1 N–H and O–H groups in total. The van der Waals surface area contributed by atoms with Crippen molar-refractivity contribution >= 4 is 0 Å². The Labute approximate surface area is 75.6 Å². The van der Waals surface area contributed by atoms with Crippen LogP contribution in [0.15, 0.2) is 11.6 Å². The van der Waals surface area contributed by atoms with Gasteiger partial charge in [0.1, 0.15) is 0 Å². The van der Waals surface area contributed by atoms with Gasteiger partial charge in [-0.2, -0.15) is 0 Å². The number of rotatable bonds is 3. The Hall–Kier alpha value is -0.340. The van der Waals surface area contributed by atoms with Crippen molar-refractivity contribution in [2.45, 2.75) is 20.3 Å². The molecule has 1 aliphatic rings. The third-order valence-corrected chi connectivity index (χ3v) is 2.47. The van der Waals surface area contributed by atoms with Gasteiger partial charge in [0.05, 0.1) is 0 Å².